The number of hydrogen-bond acceptors (Lipinski definition) is 6. The van der Waals surface area contributed by atoms with Gasteiger partial charge in [-0.1, -0.05) is 35.9 Å². The maximum Gasteiger partial charge on any atom is 0.261 e. The highest BCUT2D eigenvalue weighted by Crippen LogP contribution is 2.24. The molecule has 0 spiro atoms. The first kappa shape index (κ1) is 27.9. The van der Waals surface area contributed by atoms with Crippen LogP contribution in [0.2, 0.25) is 5.02 Å². The van der Waals surface area contributed by atoms with Crippen LogP contribution in [-0.2, 0) is 23.1 Å². The van der Waals surface area contributed by atoms with Gasteiger partial charge in [0.25, 0.3) is 15.9 Å². The van der Waals surface area contributed by atoms with Crippen LogP contribution in [0.5, 0.6) is 5.75 Å². The highest BCUT2D eigenvalue weighted by Gasteiger charge is 2.19. The predicted molar refractivity (Wildman–Crippen MR) is 150 cm³/mol. The van der Waals surface area contributed by atoms with Crippen molar-refractivity contribution in [1.29, 1.82) is 0 Å². The average Bonchev–Trinajstić information content (AvgIpc) is 2.90. The number of sulfonamides is 1. The largest absolute Gasteiger partial charge is 0.494 e. The zero-order chi connectivity index (χ0) is 27.1. The third-order valence-corrected chi connectivity index (χ3v) is 8.10. The van der Waals surface area contributed by atoms with Crippen LogP contribution in [-0.4, -0.2) is 64.0 Å². The van der Waals surface area contributed by atoms with Gasteiger partial charge in [0.05, 0.1) is 22.1 Å². The Bertz CT molecular complexity index is 1340. The Morgan fingerprint density at radius 2 is 1.61 bits per heavy atom. The van der Waals surface area contributed by atoms with Gasteiger partial charge in [0, 0.05) is 45.0 Å². The highest BCUT2D eigenvalue weighted by molar-refractivity contribution is 7.92. The van der Waals surface area contributed by atoms with Crippen LogP contribution >= 0.6 is 11.6 Å². The number of piperazine rings is 1. The average molecular weight is 557 g/mol. The number of likely N-dealkylation sites (N-methyl/N-ethyl adjacent to an activating group) is 1. The Morgan fingerprint density at radius 1 is 0.947 bits per heavy atom. The van der Waals surface area contributed by atoms with E-state index in [2.05, 4.69) is 39.0 Å². The molecular weight excluding hydrogens is 524 g/mol. The predicted octanol–water partition coefficient (Wildman–Crippen LogP) is 4.22. The first-order valence-corrected chi connectivity index (χ1v) is 14.4. The molecule has 1 amide bonds. The van der Waals surface area contributed by atoms with Gasteiger partial charge < -0.3 is 15.0 Å². The Hall–Kier alpha value is -3.11. The molecule has 8 nitrogen and oxygen atoms in total. The lowest BCUT2D eigenvalue weighted by molar-refractivity contribution is 0.0951. The molecule has 0 radical (unpaired) electrons. The summed E-state index contributed by atoms with van der Waals surface area (Å²) >= 11 is 6.26. The minimum Gasteiger partial charge on any atom is -0.494 e. The fraction of sp³-hybridized carbons (Fsp3) is 0.321. The zero-order valence-corrected chi connectivity index (χ0v) is 23.2. The number of nitrogens with zero attached hydrogens (tertiary/aromatic N) is 2. The van der Waals surface area contributed by atoms with Gasteiger partial charge in [0.2, 0.25) is 0 Å². The summed E-state index contributed by atoms with van der Waals surface area (Å²) in [7, 11) is -1.79. The maximum atomic E-state index is 12.9. The molecule has 202 valence electrons. The van der Waals surface area contributed by atoms with Crippen LogP contribution in [0.4, 0.5) is 5.69 Å². The summed E-state index contributed by atoms with van der Waals surface area (Å²) in [5, 5.41) is 3.01. The van der Waals surface area contributed by atoms with E-state index in [0.29, 0.717) is 24.6 Å². The van der Waals surface area contributed by atoms with Gasteiger partial charge >= 0.3 is 0 Å². The summed E-state index contributed by atoms with van der Waals surface area (Å²) in [6.45, 7) is 7.85. The fourth-order valence-electron chi connectivity index (χ4n) is 4.15. The summed E-state index contributed by atoms with van der Waals surface area (Å²) in [6, 6.07) is 18.8. The molecule has 4 rings (SSSR count). The summed E-state index contributed by atoms with van der Waals surface area (Å²) < 4.78 is 33.8. The Kier molecular flexibility index (Phi) is 9.27. The van der Waals surface area contributed by atoms with E-state index in [0.717, 1.165) is 38.3 Å². The number of hydrogen-bond donors (Lipinski definition) is 2. The molecule has 1 fully saturated rings. The standard InChI is InChI=1S/C28H33ClN4O4S/c1-3-37-24-10-8-23(9-11-24)31-38(35,36)25-12-13-27(29)26(18-25)28(34)30-19-21-4-6-22(7-5-21)20-33-16-14-32(2)15-17-33/h4-13,18,31H,3,14-17,19-20H2,1-2H3,(H,30,34). The van der Waals surface area contributed by atoms with Crippen molar-refractivity contribution in [3.05, 3.63) is 88.4 Å². The molecule has 38 heavy (non-hydrogen) atoms. The normalized spacial score (nSPS) is 14.7. The molecule has 10 heteroatoms. The van der Waals surface area contributed by atoms with E-state index in [1.807, 2.05) is 19.1 Å². The Balaban J connectivity index is 1.36. The van der Waals surface area contributed by atoms with Crippen LogP contribution in [0.15, 0.2) is 71.6 Å². The van der Waals surface area contributed by atoms with Crippen LogP contribution in [0.1, 0.15) is 28.4 Å². The van der Waals surface area contributed by atoms with Crippen molar-refractivity contribution in [2.45, 2.75) is 24.9 Å². The highest BCUT2D eigenvalue weighted by atomic mass is 35.5. The molecule has 3 aromatic rings. The number of anilines is 1. The van der Waals surface area contributed by atoms with Gasteiger partial charge in [-0.3, -0.25) is 14.4 Å². The van der Waals surface area contributed by atoms with Crippen LogP contribution in [0.3, 0.4) is 0 Å². The van der Waals surface area contributed by atoms with Gasteiger partial charge in [-0.05, 0) is 67.6 Å². The van der Waals surface area contributed by atoms with Crippen molar-refractivity contribution in [2.24, 2.45) is 0 Å². The number of carbonyl (C=O) groups excluding carboxylic acids is 1. The molecule has 2 N–H and O–H groups in total. The lowest BCUT2D eigenvalue weighted by Crippen LogP contribution is -2.43. The third kappa shape index (κ3) is 7.48. The summed E-state index contributed by atoms with van der Waals surface area (Å²) in [6.07, 6.45) is 0. The molecule has 0 aromatic heterocycles. The monoisotopic (exact) mass is 556 g/mol. The summed E-state index contributed by atoms with van der Waals surface area (Å²) in [5.41, 5.74) is 2.64. The molecule has 0 atom stereocenters. The van der Waals surface area contributed by atoms with Crippen LogP contribution in [0.25, 0.3) is 0 Å². The van der Waals surface area contributed by atoms with E-state index >= 15 is 0 Å². The zero-order valence-electron chi connectivity index (χ0n) is 21.6. The Morgan fingerprint density at radius 3 is 2.26 bits per heavy atom. The smallest absolute Gasteiger partial charge is 0.261 e. The van der Waals surface area contributed by atoms with E-state index in [-0.39, 0.29) is 15.5 Å². The fourth-order valence-corrected chi connectivity index (χ4v) is 5.44. The second-order valence-electron chi connectivity index (χ2n) is 9.28. The number of amides is 1. The van der Waals surface area contributed by atoms with E-state index in [4.69, 9.17) is 16.3 Å². The Labute approximate surface area is 229 Å². The molecular formula is C28H33ClN4O4S. The minimum atomic E-state index is -3.93. The van der Waals surface area contributed by atoms with E-state index in [1.165, 1.54) is 23.8 Å². The molecule has 1 aliphatic rings. The van der Waals surface area contributed by atoms with Gasteiger partial charge in [0.1, 0.15) is 5.75 Å². The van der Waals surface area contributed by atoms with Crippen LogP contribution < -0.4 is 14.8 Å². The quantitative estimate of drug-likeness (QED) is 0.389. The minimum absolute atomic E-state index is 0.0609. The van der Waals surface area contributed by atoms with Crippen molar-refractivity contribution < 1.29 is 17.9 Å². The van der Waals surface area contributed by atoms with E-state index in [9.17, 15) is 13.2 Å². The van der Waals surface area contributed by atoms with Crippen molar-refractivity contribution in [2.75, 3.05) is 44.6 Å². The van der Waals surface area contributed by atoms with Gasteiger partial charge in [-0.2, -0.15) is 0 Å². The SMILES string of the molecule is CCOc1ccc(NS(=O)(=O)c2ccc(Cl)c(C(=O)NCc3ccc(CN4CCN(C)CC4)cc3)c2)cc1. The van der Waals surface area contributed by atoms with Gasteiger partial charge in [-0.15, -0.1) is 0 Å². The topological polar surface area (TPSA) is 91.0 Å². The third-order valence-electron chi connectivity index (χ3n) is 6.39. The number of ether oxygens (including phenoxy) is 1. The molecule has 1 saturated heterocycles. The summed E-state index contributed by atoms with van der Waals surface area (Å²) in [4.78, 5) is 17.6. The van der Waals surface area contributed by atoms with Crippen molar-refractivity contribution >= 4 is 33.2 Å². The molecule has 0 saturated carbocycles. The number of halogens is 1. The first-order valence-electron chi connectivity index (χ1n) is 12.6. The van der Waals surface area contributed by atoms with E-state index in [1.54, 1.807) is 24.3 Å². The number of rotatable bonds is 10. The van der Waals surface area contributed by atoms with E-state index < -0.39 is 15.9 Å². The summed E-state index contributed by atoms with van der Waals surface area (Å²) in [5.74, 6) is 0.195. The molecule has 1 heterocycles. The second-order valence-corrected chi connectivity index (χ2v) is 11.4. The molecule has 3 aromatic carbocycles. The molecule has 0 unspecified atom stereocenters. The first-order chi connectivity index (χ1) is 18.2. The van der Waals surface area contributed by atoms with Crippen molar-refractivity contribution in [1.82, 2.24) is 15.1 Å². The van der Waals surface area contributed by atoms with Crippen molar-refractivity contribution in [3.8, 4) is 5.75 Å². The van der Waals surface area contributed by atoms with Gasteiger partial charge in [-0.25, -0.2) is 8.42 Å². The lowest BCUT2D eigenvalue weighted by Gasteiger charge is -2.32. The van der Waals surface area contributed by atoms with Crippen LogP contribution in [0, 0.1) is 0 Å². The molecule has 0 aliphatic carbocycles. The van der Waals surface area contributed by atoms with Crippen molar-refractivity contribution in [3.63, 3.8) is 0 Å². The number of benzene rings is 3. The van der Waals surface area contributed by atoms with Gasteiger partial charge in [0.15, 0.2) is 0 Å². The number of carbonyl (C=O) groups is 1. The second kappa shape index (κ2) is 12.6. The molecule has 1 aliphatic heterocycles. The number of nitrogens with one attached hydrogen (secondary N) is 2. The maximum absolute atomic E-state index is 12.9. The molecule has 0 bridgehead atoms. The lowest BCUT2D eigenvalue weighted by atomic mass is 10.1.